The number of ether oxygens (including phenoxy) is 1. The molecule has 0 saturated carbocycles. The summed E-state index contributed by atoms with van der Waals surface area (Å²) in [5.74, 6) is 0. The Morgan fingerprint density at radius 3 is 2.46 bits per heavy atom. The first kappa shape index (κ1) is 12.9. The van der Waals surface area contributed by atoms with Gasteiger partial charge >= 0.3 is 0 Å². The molecule has 80 valence electrons. The molecule has 0 fully saturated rings. The number of likely N-dealkylation sites (N-methyl/N-ethyl adjacent to an activating group) is 1. The quantitative estimate of drug-likeness (QED) is 0.560. The Balaban J connectivity index is 3.25. The van der Waals surface area contributed by atoms with Gasteiger partial charge in [0.2, 0.25) is 0 Å². The maximum Gasteiger partial charge on any atom is 0.0619 e. The molecule has 1 unspecified atom stereocenters. The van der Waals surface area contributed by atoms with Crippen molar-refractivity contribution in [3.63, 3.8) is 0 Å². The van der Waals surface area contributed by atoms with Crippen LogP contribution in [0.1, 0.15) is 46.0 Å². The van der Waals surface area contributed by atoms with Crippen LogP contribution in [0.15, 0.2) is 0 Å². The number of hydrogen-bond acceptors (Lipinski definition) is 2. The average molecular weight is 187 g/mol. The van der Waals surface area contributed by atoms with Gasteiger partial charge in [0.15, 0.2) is 0 Å². The van der Waals surface area contributed by atoms with E-state index in [2.05, 4.69) is 12.2 Å². The third kappa shape index (κ3) is 8.26. The molecule has 0 aromatic carbocycles. The molecule has 0 aromatic rings. The Morgan fingerprint density at radius 1 is 1.15 bits per heavy atom. The zero-order chi connectivity index (χ0) is 9.94. The smallest absolute Gasteiger partial charge is 0.0619 e. The van der Waals surface area contributed by atoms with Gasteiger partial charge in [-0.3, -0.25) is 0 Å². The SMILES string of the molecule is CCCCCCC(COCC)NC. The highest BCUT2D eigenvalue weighted by Crippen LogP contribution is 2.05. The topological polar surface area (TPSA) is 21.3 Å². The molecule has 2 heteroatoms. The third-order valence-electron chi connectivity index (χ3n) is 2.34. The van der Waals surface area contributed by atoms with Crippen LogP contribution in [0.5, 0.6) is 0 Å². The van der Waals surface area contributed by atoms with Gasteiger partial charge in [-0.2, -0.15) is 0 Å². The molecule has 1 atom stereocenters. The van der Waals surface area contributed by atoms with Gasteiger partial charge in [0, 0.05) is 12.6 Å². The summed E-state index contributed by atoms with van der Waals surface area (Å²) in [6, 6.07) is 0.553. The highest BCUT2D eigenvalue weighted by Gasteiger charge is 2.04. The molecule has 0 aliphatic heterocycles. The lowest BCUT2D eigenvalue weighted by molar-refractivity contribution is 0.121. The molecule has 0 saturated heterocycles. The van der Waals surface area contributed by atoms with E-state index in [1.807, 2.05) is 14.0 Å². The third-order valence-corrected chi connectivity index (χ3v) is 2.34. The molecule has 13 heavy (non-hydrogen) atoms. The molecule has 0 amide bonds. The van der Waals surface area contributed by atoms with E-state index in [0.29, 0.717) is 6.04 Å². The van der Waals surface area contributed by atoms with Gasteiger partial charge in [0.25, 0.3) is 0 Å². The van der Waals surface area contributed by atoms with E-state index in [1.165, 1.54) is 32.1 Å². The molecule has 0 radical (unpaired) electrons. The van der Waals surface area contributed by atoms with Crippen LogP contribution >= 0.6 is 0 Å². The predicted octanol–water partition coefficient (Wildman–Crippen LogP) is 2.58. The summed E-state index contributed by atoms with van der Waals surface area (Å²) in [6.07, 6.45) is 6.62. The summed E-state index contributed by atoms with van der Waals surface area (Å²) in [7, 11) is 2.02. The van der Waals surface area contributed by atoms with Crippen molar-refractivity contribution < 1.29 is 4.74 Å². The largest absolute Gasteiger partial charge is 0.380 e. The van der Waals surface area contributed by atoms with Crippen molar-refractivity contribution in [1.82, 2.24) is 5.32 Å². The molecule has 0 spiro atoms. The summed E-state index contributed by atoms with van der Waals surface area (Å²) in [4.78, 5) is 0. The molecular weight excluding hydrogens is 162 g/mol. The first-order valence-corrected chi connectivity index (χ1v) is 5.60. The van der Waals surface area contributed by atoms with E-state index in [4.69, 9.17) is 4.74 Å². The zero-order valence-electron chi connectivity index (χ0n) is 9.44. The highest BCUT2D eigenvalue weighted by molar-refractivity contribution is 4.63. The second-order valence-corrected chi connectivity index (χ2v) is 3.49. The van der Waals surface area contributed by atoms with E-state index in [-0.39, 0.29) is 0 Å². The van der Waals surface area contributed by atoms with Crippen LogP contribution in [-0.2, 0) is 4.74 Å². The van der Waals surface area contributed by atoms with Crippen molar-refractivity contribution in [2.24, 2.45) is 0 Å². The van der Waals surface area contributed by atoms with Crippen LogP contribution in [0, 0.1) is 0 Å². The number of nitrogens with one attached hydrogen (secondary N) is 1. The van der Waals surface area contributed by atoms with Crippen LogP contribution < -0.4 is 5.32 Å². The van der Waals surface area contributed by atoms with E-state index >= 15 is 0 Å². The minimum atomic E-state index is 0.553. The van der Waals surface area contributed by atoms with Crippen LogP contribution in [0.25, 0.3) is 0 Å². The van der Waals surface area contributed by atoms with Crippen molar-refractivity contribution in [3.05, 3.63) is 0 Å². The number of rotatable bonds is 9. The monoisotopic (exact) mass is 187 g/mol. The lowest BCUT2D eigenvalue weighted by Crippen LogP contribution is -2.30. The van der Waals surface area contributed by atoms with Gasteiger partial charge < -0.3 is 10.1 Å². The maximum absolute atomic E-state index is 5.38. The van der Waals surface area contributed by atoms with Crippen molar-refractivity contribution in [3.8, 4) is 0 Å². The summed E-state index contributed by atoms with van der Waals surface area (Å²) < 4.78 is 5.38. The second kappa shape index (κ2) is 10.0. The molecular formula is C11H25NO. The molecule has 0 aliphatic carbocycles. The Bertz CT molecular complexity index is 96.1. The normalized spacial score (nSPS) is 13.2. The molecule has 1 N–H and O–H groups in total. The number of unbranched alkanes of at least 4 members (excludes halogenated alkanes) is 3. The Labute approximate surface area is 83.1 Å². The van der Waals surface area contributed by atoms with E-state index in [9.17, 15) is 0 Å². The molecule has 0 rings (SSSR count). The van der Waals surface area contributed by atoms with Gasteiger partial charge in [-0.15, -0.1) is 0 Å². The van der Waals surface area contributed by atoms with Crippen LogP contribution in [0.2, 0.25) is 0 Å². The predicted molar refractivity (Wildman–Crippen MR) is 58.1 cm³/mol. The van der Waals surface area contributed by atoms with Gasteiger partial charge in [0.05, 0.1) is 6.61 Å². The standard InChI is InChI=1S/C11H25NO/c1-4-6-7-8-9-11(12-3)10-13-5-2/h11-12H,4-10H2,1-3H3. The molecule has 0 heterocycles. The Kier molecular flexibility index (Phi) is 9.94. The molecule has 0 aliphatic rings. The van der Waals surface area contributed by atoms with Crippen molar-refractivity contribution >= 4 is 0 Å². The van der Waals surface area contributed by atoms with E-state index in [0.717, 1.165) is 13.2 Å². The minimum Gasteiger partial charge on any atom is -0.380 e. The average Bonchev–Trinajstić information content (AvgIpc) is 2.17. The fraction of sp³-hybridized carbons (Fsp3) is 1.00. The van der Waals surface area contributed by atoms with Crippen molar-refractivity contribution in [2.75, 3.05) is 20.3 Å². The van der Waals surface area contributed by atoms with Crippen LogP contribution in [0.3, 0.4) is 0 Å². The van der Waals surface area contributed by atoms with Gasteiger partial charge in [-0.25, -0.2) is 0 Å². The first-order chi connectivity index (χ1) is 6.35. The Morgan fingerprint density at radius 2 is 1.92 bits per heavy atom. The van der Waals surface area contributed by atoms with Crippen molar-refractivity contribution in [1.29, 1.82) is 0 Å². The van der Waals surface area contributed by atoms with Gasteiger partial charge in [-0.05, 0) is 20.4 Å². The van der Waals surface area contributed by atoms with Crippen LogP contribution in [0.4, 0.5) is 0 Å². The van der Waals surface area contributed by atoms with Crippen molar-refractivity contribution in [2.45, 2.75) is 52.0 Å². The Hall–Kier alpha value is -0.0800. The van der Waals surface area contributed by atoms with Gasteiger partial charge in [0.1, 0.15) is 0 Å². The fourth-order valence-corrected chi connectivity index (χ4v) is 1.39. The maximum atomic E-state index is 5.38. The first-order valence-electron chi connectivity index (χ1n) is 5.60. The lowest BCUT2D eigenvalue weighted by Gasteiger charge is -2.15. The lowest BCUT2D eigenvalue weighted by atomic mass is 10.1. The number of hydrogen-bond donors (Lipinski definition) is 1. The second-order valence-electron chi connectivity index (χ2n) is 3.49. The summed E-state index contributed by atoms with van der Waals surface area (Å²) in [6.45, 7) is 5.98. The molecule has 2 nitrogen and oxygen atoms in total. The summed E-state index contributed by atoms with van der Waals surface area (Å²) >= 11 is 0. The minimum absolute atomic E-state index is 0.553. The van der Waals surface area contributed by atoms with Gasteiger partial charge in [-0.1, -0.05) is 32.6 Å². The molecule has 0 bridgehead atoms. The van der Waals surface area contributed by atoms with Crippen LogP contribution in [-0.4, -0.2) is 26.3 Å². The highest BCUT2D eigenvalue weighted by atomic mass is 16.5. The molecule has 0 aromatic heterocycles. The summed E-state index contributed by atoms with van der Waals surface area (Å²) in [5, 5.41) is 3.29. The summed E-state index contributed by atoms with van der Waals surface area (Å²) in [5.41, 5.74) is 0. The zero-order valence-corrected chi connectivity index (χ0v) is 9.44. The van der Waals surface area contributed by atoms with E-state index in [1.54, 1.807) is 0 Å². The fourth-order valence-electron chi connectivity index (χ4n) is 1.39. The van der Waals surface area contributed by atoms with E-state index < -0.39 is 0 Å².